The molecule has 0 saturated carbocycles. The van der Waals surface area contributed by atoms with Crippen LogP contribution in [-0.2, 0) is 65.4 Å². The van der Waals surface area contributed by atoms with Crippen molar-refractivity contribution in [1.29, 1.82) is 0 Å². The monoisotopic (exact) mass is 1450 g/mol. The fourth-order valence-electron chi connectivity index (χ4n) is 12.4. The number of hydrogen-bond acceptors (Lipinski definition) is 15. The van der Waals surface area contributed by atoms with E-state index in [2.05, 4.69) is 34.6 Å². The Bertz CT molecular complexity index is 1890. The van der Waals surface area contributed by atoms with E-state index in [4.69, 9.17) is 37.0 Å². The third-order valence-corrected chi connectivity index (χ3v) is 20.7. The van der Waals surface area contributed by atoms with Gasteiger partial charge in [0.2, 0.25) is 0 Å². The van der Waals surface area contributed by atoms with Gasteiger partial charge in [-0.15, -0.1) is 0 Å². The molecule has 0 rings (SSSR count). The molecule has 19 heteroatoms. The summed E-state index contributed by atoms with van der Waals surface area (Å²) in [5, 5.41) is 10.6. The number of carbonyl (C=O) groups excluding carboxylic acids is 4. The maximum atomic E-state index is 13.1. The highest BCUT2D eigenvalue weighted by Gasteiger charge is 2.30. The molecule has 5 atom stereocenters. The zero-order valence-corrected chi connectivity index (χ0v) is 66.4. The topological polar surface area (TPSA) is 237 Å². The van der Waals surface area contributed by atoms with Crippen molar-refractivity contribution >= 4 is 39.5 Å². The van der Waals surface area contributed by atoms with Crippen molar-refractivity contribution in [2.45, 2.75) is 445 Å². The third kappa shape index (κ3) is 74.1. The van der Waals surface area contributed by atoms with Gasteiger partial charge in [0.15, 0.2) is 12.2 Å². The van der Waals surface area contributed by atoms with Gasteiger partial charge in [0.1, 0.15) is 19.3 Å². The molecule has 0 aliphatic heterocycles. The minimum absolute atomic E-state index is 0.106. The van der Waals surface area contributed by atoms with Crippen molar-refractivity contribution < 1.29 is 80.2 Å². The Balaban J connectivity index is 5.17. The molecular weight excluding hydrogens is 1290 g/mol. The highest BCUT2D eigenvalue weighted by Crippen LogP contribution is 2.45. The highest BCUT2D eigenvalue weighted by atomic mass is 31.2. The molecule has 0 saturated heterocycles. The average Bonchev–Trinajstić information content (AvgIpc) is 1.02. The summed E-state index contributed by atoms with van der Waals surface area (Å²) in [5.74, 6) is -1.38. The predicted octanol–water partition coefficient (Wildman–Crippen LogP) is 24.0. The summed E-state index contributed by atoms with van der Waals surface area (Å²) in [5.41, 5.74) is 0. The van der Waals surface area contributed by atoms with Crippen LogP contribution in [0, 0.1) is 5.92 Å². The largest absolute Gasteiger partial charge is 0.472 e. The molecule has 0 radical (unpaired) electrons. The second-order valence-electron chi connectivity index (χ2n) is 29.3. The number of phosphoric acid groups is 2. The minimum Gasteiger partial charge on any atom is -0.462 e. The van der Waals surface area contributed by atoms with Crippen LogP contribution in [0.1, 0.15) is 426 Å². The van der Waals surface area contributed by atoms with Gasteiger partial charge in [-0.25, -0.2) is 9.13 Å². The molecule has 0 aliphatic rings. The lowest BCUT2D eigenvalue weighted by Gasteiger charge is -2.21. The zero-order valence-electron chi connectivity index (χ0n) is 64.6. The van der Waals surface area contributed by atoms with Gasteiger partial charge in [-0.2, -0.15) is 0 Å². The Kier molecular flexibility index (Phi) is 71.6. The predicted molar refractivity (Wildman–Crippen MR) is 405 cm³/mol. The number of aliphatic hydroxyl groups is 1. The van der Waals surface area contributed by atoms with Gasteiger partial charge in [-0.05, 0) is 31.6 Å². The van der Waals surface area contributed by atoms with E-state index in [1.807, 2.05) is 0 Å². The molecule has 588 valence electrons. The number of aliphatic hydroxyl groups excluding tert-OH is 1. The first-order chi connectivity index (χ1) is 48.0. The molecule has 17 nitrogen and oxygen atoms in total. The van der Waals surface area contributed by atoms with Gasteiger partial charge in [-0.1, -0.05) is 375 Å². The van der Waals surface area contributed by atoms with Crippen molar-refractivity contribution in [3.05, 3.63) is 0 Å². The van der Waals surface area contributed by atoms with Crippen molar-refractivity contribution in [1.82, 2.24) is 0 Å². The first-order valence-corrected chi connectivity index (χ1v) is 44.6. The molecular formula is C80H156O17P2. The van der Waals surface area contributed by atoms with E-state index in [1.54, 1.807) is 0 Å². The van der Waals surface area contributed by atoms with Gasteiger partial charge in [0, 0.05) is 25.7 Å². The van der Waals surface area contributed by atoms with Crippen LogP contribution in [0.5, 0.6) is 0 Å². The van der Waals surface area contributed by atoms with E-state index < -0.39 is 97.5 Å². The van der Waals surface area contributed by atoms with Crippen molar-refractivity contribution in [2.75, 3.05) is 39.6 Å². The highest BCUT2D eigenvalue weighted by molar-refractivity contribution is 7.47. The molecule has 3 N–H and O–H groups in total. The number of rotatable bonds is 80. The normalized spacial score (nSPS) is 13.9. The van der Waals surface area contributed by atoms with Crippen molar-refractivity contribution in [3.8, 4) is 0 Å². The quantitative estimate of drug-likeness (QED) is 0.0222. The van der Waals surface area contributed by atoms with Gasteiger partial charge in [0.05, 0.1) is 26.4 Å². The van der Waals surface area contributed by atoms with Crippen molar-refractivity contribution in [2.24, 2.45) is 5.92 Å². The Hall–Kier alpha value is -1.94. The molecule has 0 fully saturated rings. The van der Waals surface area contributed by atoms with Crippen molar-refractivity contribution in [3.63, 3.8) is 0 Å². The van der Waals surface area contributed by atoms with Crippen LogP contribution in [0.2, 0.25) is 0 Å². The van der Waals surface area contributed by atoms with E-state index in [1.165, 1.54) is 244 Å². The maximum absolute atomic E-state index is 13.1. The standard InChI is InChI=1S/C80H156O17P2/c1-6-9-12-15-18-21-23-25-27-29-30-31-32-33-35-37-39-41-45-50-55-60-65-79(84)96-76(70-91-78(83)64-59-54-49-44-40-38-36-34-28-26-24-22-19-16-13-10-7-2)72-95-99(88,89)93-68-74(81)67-92-98(86,87)94-71-75(69-90-77(82)63-58-53-48-20-17-14-11-8-3)97-80(85)66-61-56-51-46-42-43-47-52-57-62-73(4)5/h73-76,81H,6-72H2,1-5H3,(H,86,87)(H,88,89)/t74-,75+,76+/m0/s1. The Morgan fingerprint density at radius 2 is 0.465 bits per heavy atom. The molecule has 0 aromatic heterocycles. The average molecular weight is 1450 g/mol. The van der Waals surface area contributed by atoms with Gasteiger partial charge in [0.25, 0.3) is 0 Å². The third-order valence-electron chi connectivity index (χ3n) is 18.8. The second-order valence-corrected chi connectivity index (χ2v) is 32.2. The van der Waals surface area contributed by atoms with Crippen LogP contribution in [0.3, 0.4) is 0 Å². The number of hydrogen-bond donors (Lipinski definition) is 3. The van der Waals surface area contributed by atoms with Crippen LogP contribution >= 0.6 is 15.6 Å². The lowest BCUT2D eigenvalue weighted by atomic mass is 10.0. The number of phosphoric ester groups is 2. The molecule has 2 unspecified atom stereocenters. The van der Waals surface area contributed by atoms with Gasteiger partial charge in [-0.3, -0.25) is 37.3 Å². The molecule has 0 aliphatic carbocycles. The first kappa shape index (κ1) is 97.1. The van der Waals surface area contributed by atoms with E-state index in [0.29, 0.717) is 25.7 Å². The first-order valence-electron chi connectivity index (χ1n) is 41.6. The van der Waals surface area contributed by atoms with Gasteiger partial charge >= 0.3 is 39.5 Å². The lowest BCUT2D eigenvalue weighted by molar-refractivity contribution is -0.161. The molecule has 0 spiro atoms. The zero-order chi connectivity index (χ0) is 72.7. The number of carbonyl (C=O) groups is 4. The van der Waals surface area contributed by atoms with E-state index in [-0.39, 0.29) is 25.7 Å². The summed E-state index contributed by atoms with van der Waals surface area (Å²) in [7, 11) is -9.91. The molecule has 0 bridgehead atoms. The van der Waals surface area contributed by atoms with Crippen LogP contribution in [0.25, 0.3) is 0 Å². The maximum Gasteiger partial charge on any atom is 0.472 e. The summed E-state index contributed by atoms with van der Waals surface area (Å²) >= 11 is 0. The summed E-state index contributed by atoms with van der Waals surface area (Å²) < 4.78 is 68.6. The Labute approximate surface area is 607 Å². The number of ether oxygens (including phenoxy) is 4. The molecule has 0 heterocycles. The fourth-order valence-corrected chi connectivity index (χ4v) is 14.0. The lowest BCUT2D eigenvalue weighted by Crippen LogP contribution is -2.30. The van der Waals surface area contributed by atoms with Crippen LogP contribution < -0.4 is 0 Å². The van der Waals surface area contributed by atoms with E-state index >= 15 is 0 Å². The van der Waals surface area contributed by atoms with E-state index in [9.17, 15) is 43.2 Å². The molecule has 0 amide bonds. The van der Waals surface area contributed by atoms with E-state index in [0.717, 1.165) is 102 Å². The van der Waals surface area contributed by atoms with Gasteiger partial charge < -0.3 is 33.8 Å². The number of esters is 4. The fraction of sp³-hybridized carbons (Fsp3) is 0.950. The van der Waals surface area contributed by atoms with Crippen LogP contribution in [0.4, 0.5) is 0 Å². The van der Waals surface area contributed by atoms with Crippen LogP contribution in [-0.4, -0.2) is 96.7 Å². The second kappa shape index (κ2) is 73.0. The SMILES string of the molecule is CCCCCCCCCCCCCCCCCCCCCCCCC(=O)O[C@H](COC(=O)CCCCCCCCCCCCCCCCCCC)COP(=O)(O)OC[C@@H](O)COP(=O)(O)OC[C@@H](COC(=O)CCCCCCCCCC)OC(=O)CCCCCCCCCCCC(C)C. The summed E-state index contributed by atoms with van der Waals surface area (Å²) in [6.45, 7) is 7.26. The number of unbranched alkanes of at least 4 members (excludes halogenated alkanes) is 52. The Morgan fingerprint density at radius 3 is 0.687 bits per heavy atom. The Morgan fingerprint density at radius 1 is 0.273 bits per heavy atom. The van der Waals surface area contributed by atoms with Crippen LogP contribution in [0.15, 0.2) is 0 Å². The molecule has 99 heavy (non-hydrogen) atoms. The molecule has 0 aromatic rings. The summed E-state index contributed by atoms with van der Waals surface area (Å²) in [6.07, 6.45) is 64.1. The summed E-state index contributed by atoms with van der Waals surface area (Å²) in [4.78, 5) is 72.8. The smallest absolute Gasteiger partial charge is 0.462 e. The molecule has 0 aromatic carbocycles. The summed E-state index contributed by atoms with van der Waals surface area (Å²) in [6, 6.07) is 0. The minimum atomic E-state index is -4.96.